The van der Waals surface area contributed by atoms with E-state index in [-0.39, 0.29) is 18.9 Å². The lowest BCUT2D eigenvalue weighted by atomic mass is 9.98. The number of fused-ring (bicyclic) bond motifs is 3. The van der Waals surface area contributed by atoms with Gasteiger partial charge in [0.15, 0.2) is 0 Å². The van der Waals surface area contributed by atoms with Crippen LogP contribution in [0.15, 0.2) is 85.1 Å². The molecule has 0 fully saturated rings. The van der Waals surface area contributed by atoms with Gasteiger partial charge in [-0.05, 0) is 40.3 Å². The van der Waals surface area contributed by atoms with Crippen LogP contribution in [0.4, 0.5) is 4.79 Å². The zero-order chi connectivity index (χ0) is 25.1. The van der Waals surface area contributed by atoms with E-state index in [1.54, 1.807) is 6.20 Å². The Bertz CT molecular complexity index is 1350. The van der Waals surface area contributed by atoms with Gasteiger partial charge in [0.1, 0.15) is 12.6 Å². The minimum absolute atomic E-state index is 0.0927. The molecule has 1 heterocycles. The molecule has 0 radical (unpaired) electrons. The number of carboxylic acids is 1. The Morgan fingerprint density at radius 3 is 2.22 bits per heavy atom. The molecule has 1 aliphatic carbocycles. The van der Waals surface area contributed by atoms with Gasteiger partial charge in [-0.25, -0.2) is 9.59 Å². The zero-order valence-corrected chi connectivity index (χ0v) is 19.9. The third-order valence-corrected chi connectivity index (χ3v) is 6.74. The van der Waals surface area contributed by atoms with Crippen LogP contribution >= 0.6 is 0 Å². The predicted molar refractivity (Wildman–Crippen MR) is 136 cm³/mol. The first-order valence-electron chi connectivity index (χ1n) is 11.9. The first-order valence-corrected chi connectivity index (χ1v) is 11.9. The molecule has 0 aliphatic heterocycles. The second-order valence-electron chi connectivity index (χ2n) is 8.96. The van der Waals surface area contributed by atoms with E-state index in [9.17, 15) is 14.7 Å². The molecule has 7 nitrogen and oxygen atoms in total. The van der Waals surface area contributed by atoms with E-state index < -0.39 is 18.1 Å². The van der Waals surface area contributed by atoms with E-state index in [2.05, 4.69) is 22.5 Å². The third-order valence-electron chi connectivity index (χ3n) is 6.74. The lowest BCUT2D eigenvalue weighted by molar-refractivity contribution is -0.139. The Morgan fingerprint density at radius 2 is 1.58 bits per heavy atom. The monoisotopic (exact) mass is 481 g/mol. The van der Waals surface area contributed by atoms with Crippen molar-refractivity contribution in [2.45, 2.75) is 31.8 Å². The summed E-state index contributed by atoms with van der Waals surface area (Å²) in [5, 5.41) is 16.7. The molecule has 2 N–H and O–H groups in total. The van der Waals surface area contributed by atoms with Gasteiger partial charge in [-0.1, -0.05) is 78.9 Å². The fourth-order valence-corrected chi connectivity index (χ4v) is 4.80. The highest BCUT2D eigenvalue weighted by Gasteiger charge is 2.30. The van der Waals surface area contributed by atoms with Crippen LogP contribution in [0.1, 0.15) is 33.9 Å². The average molecular weight is 482 g/mol. The van der Waals surface area contributed by atoms with Crippen molar-refractivity contribution >= 4 is 12.1 Å². The van der Waals surface area contributed by atoms with Crippen molar-refractivity contribution in [3.05, 3.63) is 113 Å². The van der Waals surface area contributed by atoms with Crippen molar-refractivity contribution < 1.29 is 19.4 Å². The summed E-state index contributed by atoms with van der Waals surface area (Å²) >= 11 is 0. The van der Waals surface area contributed by atoms with Gasteiger partial charge in [-0.15, -0.1) is 0 Å². The van der Waals surface area contributed by atoms with Crippen LogP contribution in [-0.4, -0.2) is 39.6 Å². The molecule has 0 bridgehead atoms. The van der Waals surface area contributed by atoms with E-state index in [0.29, 0.717) is 6.54 Å². The number of benzene rings is 3. The summed E-state index contributed by atoms with van der Waals surface area (Å²) in [5.41, 5.74) is 7.19. The molecular formula is C29H27N3O4. The number of nitrogens with zero attached hydrogens (tertiary/aromatic N) is 2. The molecule has 1 unspecified atom stereocenters. The second kappa shape index (κ2) is 10.1. The van der Waals surface area contributed by atoms with Gasteiger partial charge in [0.25, 0.3) is 0 Å². The van der Waals surface area contributed by atoms with Crippen molar-refractivity contribution in [1.82, 2.24) is 15.1 Å². The molecule has 5 rings (SSSR count). The number of nitrogens with one attached hydrogen (secondary N) is 1. The number of hydrogen-bond acceptors (Lipinski definition) is 4. The maximum atomic E-state index is 12.6. The number of carbonyl (C=O) groups is 2. The van der Waals surface area contributed by atoms with Crippen molar-refractivity contribution in [3.63, 3.8) is 0 Å². The molecule has 1 amide bonds. The molecule has 0 spiro atoms. The molecule has 4 aromatic rings. The fraction of sp³-hybridized carbons (Fsp3) is 0.207. The maximum absolute atomic E-state index is 12.6. The van der Waals surface area contributed by atoms with E-state index in [4.69, 9.17) is 4.74 Å². The summed E-state index contributed by atoms with van der Waals surface area (Å²) < 4.78 is 7.37. The molecule has 1 aromatic heterocycles. The summed E-state index contributed by atoms with van der Waals surface area (Å²) in [4.78, 5) is 24.6. The molecule has 182 valence electrons. The van der Waals surface area contributed by atoms with Crippen LogP contribution in [0.3, 0.4) is 0 Å². The zero-order valence-electron chi connectivity index (χ0n) is 19.9. The number of amides is 1. The van der Waals surface area contributed by atoms with Crippen molar-refractivity contribution in [3.8, 4) is 11.1 Å². The molecule has 36 heavy (non-hydrogen) atoms. The predicted octanol–water partition coefficient (Wildman–Crippen LogP) is 4.77. The summed E-state index contributed by atoms with van der Waals surface area (Å²) in [6.07, 6.45) is 1.02. The molecular weight excluding hydrogens is 454 g/mol. The van der Waals surface area contributed by atoms with Crippen LogP contribution in [-0.2, 0) is 22.5 Å². The number of aliphatic carboxylic acids is 1. The van der Waals surface area contributed by atoms with E-state index in [1.165, 1.54) is 0 Å². The van der Waals surface area contributed by atoms with Crippen LogP contribution in [0.5, 0.6) is 0 Å². The smallest absolute Gasteiger partial charge is 0.407 e. The third kappa shape index (κ3) is 4.73. The quantitative estimate of drug-likeness (QED) is 0.378. The number of rotatable bonds is 8. The topological polar surface area (TPSA) is 93.4 Å². The first-order chi connectivity index (χ1) is 17.5. The van der Waals surface area contributed by atoms with Gasteiger partial charge >= 0.3 is 12.1 Å². The number of hydrogen-bond donors (Lipinski definition) is 2. The minimum atomic E-state index is -1.13. The number of carbonyl (C=O) groups excluding carboxylic acids is 1. The number of carboxylic acid groups (broad SMARTS) is 1. The molecule has 1 aliphatic rings. The molecule has 7 heteroatoms. The van der Waals surface area contributed by atoms with E-state index in [0.717, 1.165) is 39.1 Å². The highest BCUT2D eigenvalue weighted by molar-refractivity contribution is 5.81. The van der Waals surface area contributed by atoms with Crippen LogP contribution < -0.4 is 5.32 Å². The number of alkyl carbamates (subject to hydrolysis) is 1. The number of ether oxygens (including phenoxy) is 1. The summed E-state index contributed by atoms with van der Waals surface area (Å²) in [5.74, 6) is -1.22. The maximum Gasteiger partial charge on any atom is 0.407 e. The summed E-state index contributed by atoms with van der Waals surface area (Å²) in [6, 6.07) is 24.9. The fourth-order valence-electron chi connectivity index (χ4n) is 4.80. The van der Waals surface area contributed by atoms with Crippen LogP contribution in [0.25, 0.3) is 11.1 Å². The molecule has 0 saturated carbocycles. The Balaban J connectivity index is 1.23. The highest BCUT2D eigenvalue weighted by atomic mass is 16.5. The Kier molecular flexibility index (Phi) is 6.54. The van der Waals surface area contributed by atoms with Crippen LogP contribution in [0, 0.1) is 6.92 Å². The van der Waals surface area contributed by atoms with Gasteiger partial charge in [0.05, 0.1) is 12.7 Å². The minimum Gasteiger partial charge on any atom is -0.480 e. The SMILES string of the molecule is Cc1c(CC(NC(=O)OCC2c3ccccc3-c3ccccc32)C(=O)O)cnn1Cc1ccccc1. The van der Waals surface area contributed by atoms with E-state index >= 15 is 0 Å². The van der Waals surface area contributed by atoms with E-state index in [1.807, 2.05) is 78.3 Å². The Labute approximate surface area is 209 Å². The molecule has 1 atom stereocenters. The normalized spacial score (nSPS) is 13.0. The highest BCUT2D eigenvalue weighted by Crippen LogP contribution is 2.44. The van der Waals surface area contributed by atoms with Crippen molar-refractivity contribution in [2.24, 2.45) is 0 Å². The second-order valence-corrected chi connectivity index (χ2v) is 8.96. The summed E-state index contributed by atoms with van der Waals surface area (Å²) in [6.45, 7) is 2.61. The lowest BCUT2D eigenvalue weighted by Crippen LogP contribution is -2.43. The first kappa shape index (κ1) is 23.4. The molecule has 3 aromatic carbocycles. The standard InChI is InChI=1S/C29H27N3O4/c1-19-21(16-30-32(19)17-20-9-3-2-4-10-20)15-27(28(33)34)31-29(35)36-18-26-24-13-7-5-11-22(24)23-12-6-8-14-25(23)26/h2-14,16,26-27H,15,17-18H2,1H3,(H,31,35)(H,33,34). The van der Waals surface area contributed by atoms with Crippen molar-refractivity contribution in [2.75, 3.05) is 6.61 Å². The van der Waals surface area contributed by atoms with Gasteiger partial charge in [-0.3, -0.25) is 4.68 Å². The Morgan fingerprint density at radius 1 is 0.972 bits per heavy atom. The van der Waals surface area contributed by atoms with Crippen molar-refractivity contribution in [1.29, 1.82) is 0 Å². The Hall–Kier alpha value is -4.39. The van der Waals surface area contributed by atoms with Gasteiger partial charge < -0.3 is 15.2 Å². The lowest BCUT2D eigenvalue weighted by Gasteiger charge is -2.17. The average Bonchev–Trinajstić information content (AvgIpc) is 3.40. The number of aromatic nitrogens is 2. The molecule has 0 saturated heterocycles. The summed E-state index contributed by atoms with van der Waals surface area (Å²) in [7, 11) is 0. The van der Waals surface area contributed by atoms with Gasteiger partial charge in [0, 0.05) is 18.0 Å². The van der Waals surface area contributed by atoms with Crippen LogP contribution in [0.2, 0.25) is 0 Å². The van der Waals surface area contributed by atoms with Gasteiger partial charge in [-0.2, -0.15) is 5.10 Å². The van der Waals surface area contributed by atoms with Gasteiger partial charge in [0.2, 0.25) is 0 Å². The largest absolute Gasteiger partial charge is 0.480 e.